The smallest absolute Gasteiger partial charge is 0.240 e. The van der Waals surface area contributed by atoms with Crippen LogP contribution in [0.15, 0.2) is 34.9 Å². The summed E-state index contributed by atoms with van der Waals surface area (Å²) in [5, 5.41) is 13.4. The van der Waals surface area contributed by atoms with Crippen LogP contribution in [0.3, 0.4) is 0 Å². The zero-order chi connectivity index (χ0) is 14.5. The Balaban J connectivity index is 1.54. The Morgan fingerprint density at radius 1 is 1.24 bits per heavy atom. The fourth-order valence-electron chi connectivity index (χ4n) is 2.84. The third-order valence-electron chi connectivity index (χ3n) is 4.04. The van der Waals surface area contributed by atoms with E-state index in [-0.39, 0.29) is 12.6 Å². The zero-order valence-electron chi connectivity index (χ0n) is 12.1. The minimum Gasteiger partial charge on any atom is -0.395 e. The molecule has 0 radical (unpaired) electrons. The SMILES string of the molecule is OC[C@H]1CCCN1Cc1nc(CCc2ccccc2)no1. The summed E-state index contributed by atoms with van der Waals surface area (Å²) in [5.41, 5.74) is 1.28. The van der Waals surface area contributed by atoms with Crippen molar-refractivity contribution in [2.75, 3.05) is 13.2 Å². The van der Waals surface area contributed by atoms with Crippen molar-refractivity contribution in [1.82, 2.24) is 15.0 Å². The Bertz CT molecular complexity index is 556. The second kappa shape index (κ2) is 6.83. The molecule has 1 aliphatic heterocycles. The van der Waals surface area contributed by atoms with Crippen LogP contribution in [0.2, 0.25) is 0 Å². The molecule has 0 spiro atoms. The minimum absolute atomic E-state index is 0.203. The molecule has 1 fully saturated rings. The van der Waals surface area contributed by atoms with Crippen molar-refractivity contribution in [3.63, 3.8) is 0 Å². The van der Waals surface area contributed by atoms with E-state index in [0.29, 0.717) is 12.4 Å². The molecule has 2 heterocycles. The standard InChI is InChI=1S/C16H21N3O2/c20-12-14-7-4-10-19(14)11-16-17-15(18-21-16)9-8-13-5-2-1-3-6-13/h1-3,5-6,14,20H,4,7-12H2/t14-/m1/s1. The van der Waals surface area contributed by atoms with Gasteiger partial charge in [-0.05, 0) is 31.4 Å². The topological polar surface area (TPSA) is 62.4 Å². The lowest BCUT2D eigenvalue weighted by atomic mass is 10.1. The molecule has 1 saturated heterocycles. The average Bonchev–Trinajstić information content (AvgIpc) is 3.16. The monoisotopic (exact) mass is 287 g/mol. The molecule has 112 valence electrons. The van der Waals surface area contributed by atoms with E-state index < -0.39 is 0 Å². The number of aliphatic hydroxyl groups is 1. The van der Waals surface area contributed by atoms with Crippen LogP contribution in [-0.4, -0.2) is 39.3 Å². The van der Waals surface area contributed by atoms with Gasteiger partial charge in [0.2, 0.25) is 5.89 Å². The highest BCUT2D eigenvalue weighted by Gasteiger charge is 2.25. The fraction of sp³-hybridized carbons (Fsp3) is 0.500. The third kappa shape index (κ3) is 3.68. The van der Waals surface area contributed by atoms with Crippen molar-refractivity contribution in [2.24, 2.45) is 0 Å². The van der Waals surface area contributed by atoms with Gasteiger partial charge in [0.25, 0.3) is 0 Å². The first-order valence-electron chi connectivity index (χ1n) is 7.55. The molecule has 2 aromatic rings. The van der Waals surface area contributed by atoms with Crippen LogP contribution in [0.5, 0.6) is 0 Å². The van der Waals surface area contributed by atoms with Crippen LogP contribution in [0, 0.1) is 0 Å². The Kier molecular flexibility index (Phi) is 4.62. The quantitative estimate of drug-likeness (QED) is 0.878. The predicted octanol–water partition coefficient (Wildman–Crippen LogP) is 1.81. The Morgan fingerprint density at radius 3 is 2.90 bits per heavy atom. The molecule has 1 N–H and O–H groups in total. The molecule has 0 amide bonds. The summed E-state index contributed by atoms with van der Waals surface area (Å²) in [5.74, 6) is 1.41. The van der Waals surface area contributed by atoms with Gasteiger partial charge in [0.15, 0.2) is 5.82 Å². The van der Waals surface area contributed by atoms with Crippen LogP contribution in [0.4, 0.5) is 0 Å². The Hall–Kier alpha value is -1.72. The largest absolute Gasteiger partial charge is 0.395 e. The summed E-state index contributed by atoms with van der Waals surface area (Å²) < 4.78 is 5.32. The van der Waals surface area contributed by atoms with Crippen molar-refractivity contribution in [2.45, 2.75) is 38.3 Å². The number of nitrogens with zero attached hydrogens (tertiary/aromatic N) is 3. The highest BCUT2D eigenvalue weighted by molar-refractivity contribution is 5.15. The molecular weight excluding hydrogens is 266 g/mol. The van der Waals surface area contributed by atoms with E-state index in [9.17, 15) is 5.11 Å². The highest BCUT2D eigenvalue weighted by atomic mass is 16.5. The minimum atomic E-state index is 0.203. The van der Waals surface area contributed by atoms with Gasteiger partial charge in [-0.3, -0.25) is 4.90 Å². The molecule has 3 rings (SSSR count). The van der Waals surface area contributed by atoms with Crippen molar-refractivity contribution < 1.29 is 9.63 Å². The second-order valence-electron chi connectivity index (χ2n) is 5.54. The molecule has 5 nitrogen and oxygen atoms in total. The van der Waals surface area contributed by atoms with Crippen molar-refractivity contribution in [3.05, 3.63) is 47.6 Å². The van der Waals surface area contributed by atoms with Crippen molar-refractivity contribution in [1.29, 1.82) is 0 Å². The number of aryl methyl sites for hydroxylation is 2. The summed E-state index contributed by atoms with van der Waals surface area (Å²) in [7, 11) is 0. The lowest BCUT2D eigenvalue weighted by Crippen LogP contribution is -2.31. The van der Waals surface area contributed by atoms with Gasteiger partial charge in [0.1, 0.15) is 0 Å². The number of hydrogen-bond acceptors (Lipinski definition) is 5. The van der Waals surface area contributed by atoms with Gasteiger partial charge in [-0.2, -0.15) is 4.98 Å². The van der Waals surface area contributed by atoms with Crippen LogP contribution >= 0.6 is 0 Å². The first kappa shape index (κ1) is 14.2. The molecule has 5 heteroatoms. The lowest BCUT2D eigenvalue weighted by molar-refractivity contribution is 0.141. The summed E-state index contributed by atoms with van der Waals surface area (Å²) in [6.45, 7) is 1.84. The van der Waals surface area contributed by atoms with Crippen molar-refractivity contribution in [3.8, 4) is 0 Å². The first-order valence-corrected chi connectivity index (χ1v) is 7.55. The maximum Gasteiger partial charge on any atom is 0.240 e. The van der Waals surface area contributed by atoms with E-state index in [1.54, 1.807) is 0 Å². The number of benzene rings is 1. The number of rotatable bonds is 6. The summed E-state index contributed by atoms with van der Waals surface area (Å²) in [6, 6.07) is 10.6. The molecule has 0 saturated carbocycles. The Morgan fingerprint density at radius 2 is 2.10 bits per heavy atom. The fourth-order valence-corrected chi connectivity index (χ4v) is 2.84. The Labute approximate surface area is 124 Å². The molecule has 1 aliphatic rings. The van der Waals surface area contributed by atoms with Crippen LogP contribution in [0.25, 0.3) is 0 Å². The average molecular weight is 287 g/mol. The molecule has 0 bridgehead atoms. The van der Waals surface area contributed by atoms with Crippen molar-refractivity contribution >= 4 is 0 Å². The van der Waals surface area contributed by atoms with Gasteiger partial charge in [-0.15, -0.1) is 0 Å². The number of aliphatic hydroxyl groups excluding tert-OH is 1. The van der Waals surface area contributed by atoms with E-state index in [1.165, 1.54) is 5.56 Å². The molecule has 1 atom stereocenters. The van der Waals surface area contributed by atoms with Gasteiger partial charge in [0, 0.05) is 12.5 Å². The van der Waals surface area contributed by atoms with Gasteiger partial charge in [0.05, 0.1) is 13.2 Å². The molecule has 1 aromatic carbocycles. The van der Waals surface area contributed by atoms with Gasteiger partial charge >= 0.3 is 0 Å². The van der Waals surface area contributed by atoms with Gasteiger partial charge < -0.3 is 9.63 Å². The molecular formula is C16H21N3O2. The maximum absolute atomic E-state index is 9.32. The molecule has 1 aromatic heterocycles. The zero-order valence-corrected chi connectivity index (χ0v) is 12.1. The normalized spacial score (nSPS) is 19.2. The van der Waals surface area contributed by atoms with E-state index in [2.05, 4.69) is 27.2 Å². The van der Waals surface area contributed by atoms with E-state index >= 15 is 0 Å². The summed E-state index contributed by atoms with van der Waals surface area (Å²) >= 11 is 0. The number of likely N-dealkylation sites (tertiary alicyclic amines) is 1. The molecule has 0 aliphatic carbocycles. The molecule has 0 unspecified atom stereocenters. The van der Waals surface area contributed by atoms with Crippen LogP contribution < -0.4 is 0 Å². The number of hydrogen-bond donors (Lipinski definition) is 1. The van der Waals surface area contributed by atoms with E-state index in [1.807, 2.05) is 18.2 Å². The summed E-state index contributed by atoms with van der Waals surface area (Å²) in [4.78, 5) is 6.67. The highest BCUT2D eigenvalue weighted by Crippen LogP contribution is 2.19. The first-order chi connectivity index (χ1) is 10.3. The maximum atomic E-state index is 9.32. The van der Waals surface area contributed by atoms with Crippen LogP contribution in [0.1, 0.15) is 30.1 Å². The van der Waals surface area contributed by atoms with Gasteiger partial charge in [-0.1, -0.05) is 35.5 Å². The number of aromatic nitrogens is 2. The molecule has 21 heavy (non-hydrogen) atoms. The van der Waals surface area contributed by atoms with Gasteiger partial charge in [-0.25, -0.2) is 0 Å². The third-order valence-corrected chi connectivity index (χ3v) is 4.04. The predicted molar refractivity (Wildman–Crippen MR) is 78.7 cm³/mol. The van der Waals surface area contributed by atoms with Crippen LogP contribution in [-0.2, 0) is 19.4 Å². The van der Waals surface area contributed by atoms with E-state index in [0.717, 1.165) is 38.1 Å². The lowest BCUT2D eigenvalue weighted by Gasteiger charge is -2.20. The summed E-state index contributed by atoms with van der Waals surface area (Å²) in [6.07, 6.45) is 3.88. The second-order valence-corrected chi connectivity index (χ2v) is 5.54. The van der Waals surface area contributed by atoms with E-state index in [4.69, 9.17) is 4.52 Å².